The molecule has 1 saturated carbocycles. The molecule has 0 spiro atoms. The highest BCUT2D eigenvalue weighted by molar-refractivity contribution is 7.99. The van der Waals surface area contributed by atoms with E-state index in [9.17, 15) is 13.2 Å². The molecule has 1 N–H and O–H groups in total. The summed E-state index contributed by atoms with van der Waals surface area (Å²) in [4.78, 5) is 12.5. The minimum Gasteiger partial charge on any atom is -0.497 e. The summed E-state index contributed by atoms with van der Waals surface area (Å²) in [5, 5.41) is 3.56. The van der Waals surface area contributed by atoms with E-state index in [1.165, 1.54) is 32.8 Å². The zero-order valence-corrected chi connectivity index (χ0v) is 17.2. The average Bonchev–Trinajstić information content (AvgIpc) is 3.11. The van der Waals surface area contributed by atoms with E-state index in [4.69, 9.17) is 4.74 Å². The van der Waals surface area contributed by atoms with Crippen molar-refractivity contribution in [3.05, 3.63) is 24.3 Å². The van der Waals surface area contributed by atoms with E-state index in [2.05, 4.69) is 5.32 Å². The molecule has 1 aromatic rings. The number of ether oxygens (including phenoxy) is 1. The molecule has 1 amide bonds. The van der Waals surface area contributed by atoms with Crippen molar-refractivity contribution in [3.63, 3.8) is 0 Å². The predicted octanol–water partition coefficient (Wildman–Crippen LogP) is 2.64. The molecule has 146 valence electrons. The van der Waals surface area contributed by atoms with Crippen molar-refractivity contribution in [3.8, 4) is 5.75 Å². The second kappa shape index (κ2) is 9.50. The fourth-order valence-electron chi connectivity index (χ4n) is 3.16. The highest BCUT2D eigenvalue weighted by Crippen LogP contribution is 2.29. The van der Waals surface area contributed by atoms with Crippen LogP contribution in [0.3, 0.4) is 0 Å². The van der Waals surface area contributed by atoms with E-state index in [1.807, 2.05) is 11.8 Å². The van der Waals surface area contributed by atoms with E-state index >= 15 is 0 Å². The Morgan fingerprint density at radius 2 is 2.08 bits per heavy atom. The number of thioether (sulfide) groups is 1. The van der Waals surface area contributed by atoms with Gasteiger partial charge in [-0.3, -0.25) is 9.10 Å². The van der Waals surface area contributed by atoms with Crippen LogP contribution in [-0.2, 0) is 14.8 Å². The van der Waals surface area contributed by atoms with Crippen molar-refractivity contribution < 1.29 is 17.9 Å². The Hall–Kier alpha value is -1.41. The molecule has 1 aliphatic rings. The van der Waals surface area contributed by atoms with Gasteiger partial charge in [-0.2, -0.15) is 11.8 Å². The fourth-order valence-corrected chi connectivity index (χ4v) is 5.55. The van der Waals surface area contributed by atoms with E-state index in [0.717, 1.165) is 16.3 Å². The molecule has 8 heteroatoms. The third kappa shape index (κ3) is 5.81. The normalized spacial score (nSPS) is 16.3. The lowest BCUT2D eigenvalue weighted by molar-refractivity contribution is -0.121. The molecule has 6 nitrogen and oxygen atoms in total. The molecule has 1 aromatic carbocycles. The van der Waals surface area contributed by atoms with Gasteiger partial charge >= 0.3 is 0 Å². The van der Waals surface area contributed by atoms with Crippen molar-refractivity contribution in [2.24, 2.45) is 0 Å². The molecule has 26 heavy (non-hydrogen) atoms. The van der Waals surface area contributed by atoms with Crippen LogP contribution in [0.1, 0.15) is 32.6 Å². The van der Waals surface area contributed by atoms with Crippen LogP contribution in [0.25, 0.3) is 0 Å². The number of nitrogens with zero attached hydrogens (tertiary/aromatic N) is 1. The lowest BCUT2D eigenvalue weighted by atomic mass is 10.2. The van der Waals surface area contributed by atoms with E-state index in [0.29, 0.717) is 23.2 Å². The minimum absolute atomic E-state index is 0.301. The highest BCUT2D eigenvalue weighted by Gasteiger charge is 2.29. The molecule has 0 unspecified atom stereocenters. The lowest BCUT2D eigenvalue weighted by Gasteiger charge is -2.28. The van der Waals surface area contributed by atoms with Gasteiger partial charge in [-0.1, -0.05) is 18.9 Å². The van der Waals surface area contributed by atoms with Crippen LogP contribution in [0.4, 0.5) is 5.69 Å². The van der Waals surface area contributed by atoms with E-state index in [1.54, 1.807) is 31.2 Å². The lowest BCUT2D eigenvalue weighted by Crippen LogP contribution is -2.48. The van der Waals surface area contributed by atoms with Crippen molar-refractivity contribution in [1.29, 1.82) is 0 Å². The molecular formula is C18H28N2O4S2. The van der Waals surface area contributed by atoms with Crippen LogP contribution in [0, 0.1) is 0 Å². The van der Waals surface area contributed by atoms with Crippen LogP contribution in [-0.4, -0.2) is 51.3 Å². The van der Waals surface area contributed by atoms with Gasteiger partial charge in [0.2, 0.25) is 15.9 Å². The monoisotopic (exact) mass is 400 g/mol. The molecule has 1 fully saturated rings. The van der Waals surface area contributed by atoms with Crippen molar-refractivity contribution in [2.75, 3.05) is 30.0 Å². The topological polar surface area (TPSA) is 75.7 Å². The maximum Gasteiger partial charge on any atom is 0.243 e. The van der Waals surface area contributed by atoms with Gasteiger partial charge in [0.15, 0.2) is 0 Å². The smallest absolute Gasteiger partial charge is 0.243 e. The van der Waals surface area contributed by atoms with Crippen molar-refractivity contribution in [2.45, 2.75) is 43.9 Å². The first-order valence-corrected chi connectivity index (χ1v) is 11.8. The van der Waals surface area contributed by atoms with Gasteiger partial charge < -0.3 is 10.1 Å². The van der Waals surface area contributed by atoms with E-state index in [-0.39, 0.29) is 5.91 Å². The highest BCUT2D eigenvalue weighted by atomic mass is 32.2. The third-order valence-electron chi connectivity index (χ3n) is 4.45. The quantitative estimate of drug-likeness (QED) is 0.645. The van der Waals surface area contributed by atoms with Crippen molar-refractivity contribution >= 4 is 33.4 Å². The molecule has 1 aliphatic carbocycles. The second-order valence-corrected chi connectivity index (χ2v) is 9.77. The number of hydrogen-bond donors (Lipinski definition) is 1. The Labute approximate surface area is 160 Å². The van der Waals surface area contributed by atoms with Crippen LogP contribution in [0.15, 0.2) is 24.3 Å². The number of sulfonamides is 1. The van der Waals surface area contributed by atoms with Crippen LogP contribution in [0.5, 0.6) is 5.75 Å². The Kier molecular flexibility index (Phi) is 7.64. The molecule has 0 heterocycles. The van der Waals surface area contributed by atoms with Gasteiger partial charge in [0.25, 0.3) is 0 Å². The zero-order chi connectivity index (χ0) is 19.2. The summed E-state index contributed by atoms with van der Waals surface area (Å²) in [7, 11) is -2.10. The summed E-state index contributed by atoms with van der Waals surface area (Å²) >= 11 is 1.89. The molecule has 0 aromatic heterocycles. The van der Waals surface area contributed by atoms with E-state index < -0.39 is 16.1 Å². The molecule has 2 rings (SSSR count). The van der Waals surface area contributed by atoms with Gasteiger partial charge in [-0.05, 0) is 31.9 Å². The Morgan fingerprint density at radius 1 is 1.38 bits per heavy atom. The Balaban J connectivity index is 1.99. The fraction of sp³-hybridized carbons (Fsp3) is 0.611. The number of hydrogen-bond acceptors (Lipinski definition) is 5. The molecule has 1 atom stereocenters. The first-order valence-electron chi connectivity index (χ1n) is 8.85. The minimum atomic E-state index is -3.62. The number of carbonyl (C=O) groups is 1. The van der Waals surface area contributed by atoms with Crippen molar-refractivity contribution in [1.82, 2.24) is 5.32 Å². The number of rotatable bonds is 9. The third-order valence-corrected chi connectivity index (χ3v) is 7.08. The molecule has 0 bridgehead atoms. The van der Waals surface area contributed by atoms with Crippen LogP contribution < -0.4 is 14.4 Å². The standard InChI is InChI=1S/C18H28N2O4S2/c1-14(18(21)19-11-12-25-17-9-4-5-10-17)20(26(3,22)23)15-7-6-8-16(13-15)24-2/h6-8,13-14,17H,4-5,9-12H2,1-3H3,(H,19,21)/t14-/m1/s1. The van der Waals surface area contributed by atoms with Gasteiger partial charge in [0.05, 0.1) is 19.1 Å². The van der Waals surface area contributed by atoms with Gasteiger partial charge in [0, 0.05) is 23.6 Å². The number of methoxy groups -OCH3 is 1. The summed E-state index contributed by atoms with van der Waals surface area (Å²) in [6, 6.07) is 5.86. The number of carbonyl (C=O) groups excluding carboxylic acids is 1. The summed E-state index contributed by atoms with van der Waals surface area (Å²) in [5.74, 6) is 1.09. The molecular weight excluding hydrogens is 372 g/mol. The summed E-state index contributed by atoms with van der Waals surface area (Å²) < 4.78 is 30.9. The van der Waals surface area contributed by atoms with Crippen LogP contribution in [0.2, 0.25) is 0 Å². The number of anilines is 1. The Bertz CT molecular complexity index is 703. The SMILES string of the molecule is COc1cccc(N([C@H](C)C(=O)NCCSC2CCCC2)S(C)(=O)=O)c1. The Morgan fingerprint density at radius 3 is 2.69 bits per heavy atom. The average molecular weight is 401 g/mol. The first-order chi connectivity index (χ1) is 12.3. The van der Waals surface area contributed by atoms with Gasteiger partial charge in [0.1, 0.15) is 11.8 Å². The summed E-state index contributed by atoms with van der Waals surface area (Å²) in [6.45, 7) is 2.14. The first kappa shape index (κ1) is 20.9. The van der Waals surface area contributed by atoms with Gasteiger partial charge in [-0.25, -0.2) is 8.42 Å². The number of benzene rings is 1. The predicted molar refractivity (Wildman–Crippen MR) is 108 cm³/mol. The summed E-state index contributed by atoms with van der Waals surface area (Å²) in [6.07, 6.45) is 6.21. The molecule has 0 radical (unpaired) electrons. The second-order valence-electron chi connectivity index (χ2n) is 6.50. The molecule has 0 saturated heterocycles. The maximum atomic E-state index is 12.5. The summed E-state index contributed by atoms with van der Waals surface area (Å²) in [5.41, 5.74) is 0.412. The number of nitrogens with one attached hydrogen (secondary N) is 1. The van der Waals surface area contributed by atoms with Gasteiger partial charge in [-0.15, -0.1) is 0 Å². The van der Waals surface area contributed by atoms with Crippen LogP contribution >= 0.6 is 11.8 Å². The largest absolute Gasteiger partial charge is 0.497 e. The molecule has 0 aliphatic heterocycles. The zero-order valence-electron chi connectivity index (χ0n) is 15.6. The number of amides is 1. The maximum absolute atomic E-state index is 12.5.